The zero-order valence-electron chi connectivity index (χ0n) is 13.5. The SMILES string of the molecule is CCNCc1cc(C(C)(C)C)c(O)c(C(C)(C)C)c1. The van der Waals surface area contributed by atoms with Crippen LogP contribution in [0.3, 0.4) is 0 Å². The third-order valence-electron chi connectivity index (χ3n) is 3.36. The summed E-state index contributed by atoms with van der Waals surface area (Å²) in [6.07, 6.45) is 0. The van der Waals surface area contributed by atoms with Gasteiger partial charge in [-0.1, -0.05) is 60.6 Å². The van der Waals surface area contributed by atoms with E-state index in [0.717, 1.165) is 24.2 Å². The van der Waals surface area contributed by atoms with Crippen LogP contribution in [0.1, 0.15) is 65.2 Å². The smallest absolute Gasteiger partial charge is 0.123 e. The molecule has 0 amide bonds. The summed E-state index contributed by atoms with van der Waals surface area (Å²) in [6, 6.07) is 4.26. The summed E-state index contributed by atoms with van der Waals surface area (Å²) in [7, 11) is 0. The fourth-order valence-electron chi connectivity index (χ4n) is 2.21. The van der Waals surface area contributed by atoms with E-state index in [0.29, 0.717) is 5.75 Å². The summed E-state index contributed by atoms with van der Waals surface area (Å²) < 4.78 is 0. The van der Waals surface area contributed by atoms with Crippen LogP contribution >= 0.6 is 0 Å². The van der Waals surface area contributed by atoms with E-state index in [-0.39, 0.29) is 10.8 Å². The van der Waals surface area contributed by atoms with Crippen molar-refractivity contribution in [3.63, 3.8) is 0 Å². The average molecular weight is 263 g/mol. The van der Waals surface area contributed by atoms with Gasteiger partial charge in [0.15, 0.2) is 0 Å². The number of nitrogens with one attached hydrogen (secondary N) is 1. The lowest BCUT2D eigenvalue weighted by molar-refractivity contribution is 0.422. The quantitative estimate of drug-likeness (QED) is 0.860. The minimum absolute atomic E-state index is 0.0493. The average Bonchev–Trinajstić information content (AvgIpc) is 2.24. The Morgan fingerprint density at radius 3 is 1.68 bits per heavy atom. The fourth-order valence-corrected chi connectivity index (χ4v) is 2.21. The van der Waals surface area contributed by atoms with Gasteiger partial charge in [-0.2, -0.15) is 0 Å². The molecule has 108 valence electrons. The molecule has 0 heterocycles. The second-order valence-corrected chi connectivity index (χ2v) is 7.32. The third kappa shape index (κ3) is 3.97. The van der Waals surface area contributed by atoms with E-state index in [1.165, 1.54) is 5.56 Å². The normalized spacial score (nSPS) is 12.8. The van der Waals surface area contributed by atoms with Gasteiger partial charge in [-0.25, -0.2) is 0 Å². The lowest BCUT2D eigenvalue weighted by atomic mass is 9.78. The van der Waals surface area contributed by atoms with Crippen LogP contribution in [0.2, 0.25) is 0 Å². The molecule has 2 nitrogen and oxygen atoms in total. The summed E-state index contributed by atoms with van der Waals surface area (Å²) in [5.41, 5.74) is 3.22. The molecule has 0 aromatic heterocycles. The maximum Gasteiger partial charge on any atom is 0.123 e. The van der Waals surface area contributed by atoms with E-state index in [1.807, 2.05) is 0 Å². The number of benzene rings is 1. The Labute approximate surface area is 118 Å². The summed E-state index contributed by atoms with van der Waals surface area (Å²) in [6.45, 7) is 16.8. The minimum atomic E-state index is -0.0493. The molecular weight excluding hydrogens is 234 g/mol. The van der Waals surface area contributed by atoms with Gasteiger partial charge in [0.2, 0.25) is 0 Å². The summed E-state index contributed by atoms with van der Waals surface area (Å²) >= 11 is 0. The highest BCUT2D eigenvalue weighted by molar-refractivity contribution is 5.49. The molecule has 0 bridgehead atoms. The molecule has 1 rings (SSSR count). The molecule has 0 aliphatic carbocycles. The molecule has 1 aromatic rings. The summed E-state index contributed by atoms with van der Waals surface area (Å²) in [5, 5.41) is 13.9. The molecule has 0 saturated heterocycles. The van der Waals surface area contributed by atoms with Crippen LogP contribution in [0.25, 0.3) is 0 Å². The van der Waals surface area contributed by atoms with E-state index in [4.69, 9.17) is 0 Å². The first-order valence-corrected chi connectivity index (χ1v) is 7.15. The van der Waals surface area contributed by atoms with E-state index in [9.17, 15) is 5.11 Å². The maximum atomic E-state index is 10.6. The molecule has 0 unspecified atom stereocenters. The molecule has 0 fully saturated rings. The Morgan fingerprint density at radius 2 is 1.37 bits per heavy atom. The first kappa shape index (κ1) is 16.0. The molecule has 0 radical (unpaired) electrons. The molecule has 0 aliphatic heterocycles. The number of rotatable bonds is 3. The topological polar surface area (TPSA) is 32.3 Å². The number of phenolic OH excluding ortho intramolecular Hbond substituents is 1. The van der Waals surface area contributed by atoms with Gasteiger partial charge in [0, 0.05) is 6.54 Å². The van der Waals surface area contributed by atoms with E-state index >= 15 is 0 Å². The van der Waals surface area contributed by atoms with Crippen LogP contribution in [0.15, 0.2) is 12.1 Å². The molecule has 0 spiro atoms. The molecular formula is C17H29NO. The summed E-state index contributed by atoms with van der Waals surface area (Å²) in [4.78, 5) is 0. The van der Waals surface area contributed by atoms with Crippen molar-refractivity contribution in [3.8, 4) is 5.75 Å². The largest absolute Gasteiger partial charge is 0.507 e. The predicted octanol–water partition coefficient (Wildman–Crippen LogP) is 4.10. The van der Waals surface area contributed by atoms with Gasteiger partial charge in [0.25, 0.3) is 0 Å². The van der Waals surface area contributed by atoms with Crippen molar-refractivity contribution in [2.75, 3.05) is 6.54 Å². The van der Waals surface area contributed by atoms with Gasteiger partial charge in [-0.15, -0.1) is 0 Å². The van der Waals surface area contributed by atoms with Gasteiger partial charge in [0.1, 0.15) is 5.75 Å². The van der Waals surface area contributed by atoms with Crippen molar-refractivity contribution in [1.29, 1.82) is 0 Å². The molecule has 0 atom stereocenters. The lowest BCUT2D eigenvalue weighted by Crippen LogP contribution is -2.19. The second-order valence-electron chi connectivity index (χ2n) is 7.32. The Kier molecular flexibility index (Phi) is 4.67. The highest BCUT2D eigenvalue weighted by atomic mass is 16.3. The second kappa shape index (κ2) is 5.54. The molecule has 2 N–H and O–H groups in total. The van der Waals surface area contributed by atoms with Crippen molar-refractivity contribution >= 4 is 0 Å². The van der Waals surface area contributed by atoms with Crippen LogP contribution in [-0.2, 0) is 17.4 Å². The van der Waals surface area contributed by atoms with Gasteiger partial charge < -0.3 is 10.4 Å². The Balaban J connectivity index is 3.39. The van der Waals surface area contributed by atoms with E-state index in [2.05, 4.69) is 65.9 Å². The lowest BCUT2D eigenvalue weighted by Gasteiger charge is -2.28. The van der Waals surface area contributed by atoms with E-state index in [1.54, 1.807) is 0 Å². The van der Waals surface area contributed by atoms with Crippen molar-refractivity contribution in [1.82, 2.24) is 5.32 Å². The first-order valence-electron chi connectivity index (χ1n) is 7.15. The Morgan fingerprint density at radius 1 is 0.947 bits per heavy atom. The monoisotopic (exact) mass is 263 g/mol. The third-order valence-corrected chi connectivity index (χ3v) is 3.36. The number of aromatic hydroxyl groups is 1. The predicted molar refractivity (Wildman–Crippen MR) is 82.9 cm³/mol. The van der Waals surface area contributed by atoms with Gasteiger partial charge >= 0.3 is 0 Å². The van der Waals surface area contributed by atoms with Crippen molar-refractivity contribution < 1.29 is 5.11 Å². The summed E-state index contributed by atoms with van der Waals surface area (Å²) in [5.74, 6) is 0.459. The molecule has 1 aromatic carbocycles. The Bertz CT molecular complexity index is 401. The van der Waals surface area contributed by atoms with Gasteiger partial charge in [0.05, 0.1) is 0 Å². The Hall–Kier alpha value is -1.02. The van der Waals surface area contributed by atoms with Crippen LogP contribution < -0.4 is 5.32 Å². The zero-order valence-corrected chi connectivity index (χ0v) is 13.5. The van der Waals surface area contributed by atoms with Crippen LogP contribution in [0.4, 0.5) is 0 Å². The number of hydrogen-bond donors (Lipinski definition) is 2. The minimum Gasteiger partial charge on any atom is -0.507 e. The molecule has 0 saturated carbocycles. The first-order chi connectivity index (χ1) is 8.57. The highest BCUT2D eigenvalue weighted by Crippen LogP contribution is 2.39. The van der Waals surface area contributed by atoms with Crippen molar-refractivity contribution in [3.05, 3.63) is 28.8 Å². The zero-order chi connectivity index (χ0) is 14.8. The highest BCUT2D eigenvalue weighted by Gasteiger charge is 2.26. The van der Waals surface area contributed by atoms with Crippen molar-refractivity contribution in [2.24, 2.45) is 0 Å². The van der Waals surface area contributed by atoms with Crippen LogP contribution in [0.5, 0.6) is 5.75 Å². The van der Waals surface area contributed by atoms with Gasteiger partial charge in [-0.05, 0) is 34.1 Å². The maximum absolute atomic E-state index is 10.6. The van der Waals surface area contributed by atoms with Crippen LogP contribution in [0, 0.1) is 0 Å². The molecule has 0 aliphatic rings. The van der Waals surface area contributed by atoms with Crippen LogP contribution in [-0.4, -0.2) is 11.7 Å². The number of phenols is 1. The molecule has 2 heteroatoms. The number of hydrogen-bond acceptors (Lipinski definition) is 2. The van der Waals surface area contributed by atoms with Crippen molar-refractivity contribution in [2.45, 2.75) is 65.8 Å². The van der Waals surface area contributed by atoms with E-state index < -0.39 is 0 Å². The molecule has 19 heavy (non-hydrogen) atoms. The standard InChI is InChI=1S/C17H29NO/c1-8-18-11-12-9-13(16(2,3)4)15(19)14(10-12)17(5,6)7/h9-10,18-19H,8,11H2,1-7H3. The fraction of sp³-hybridized carbons (Fsp3) is 0.647. The van der Waals surface area contributed by atoms with Gasteiger partial charge in [-0.3, -0.25) is 0 Å².